The first-order valence-electron chi connectivity index (χ1n) is 6.31. The van der Waals surface area contributed by atoms with Crippen LogP contribution in [0.25, 0.3) is 0 Å². The lowest BCUT2D eigenvalue weighted by atomic mass is 9.99. The zero-order valence-corrected chi connectivity index (χ0v) is 11.7. The first kappa shape index (κ1) is 13.5. The van der Waals surface area contributed by atoms with E-state index in [-0.39, 0.29) is 11.1 Å². The third-order valence-electron chi connectivity index (χ3n) is 3.79. The van der Waals surface area contributed by atoms with E-state index >= 15 is 0 Å². The van der Waals surface area contributed by atoms with Crippen LogP contribution < -0.4 is 0 Å². The van der Waals surface area contributed by atoms with E-state index in [0.29, 0.717) is 0 Å². The maximum atomic E-state index is 8.84. The average Bonchev–Trinajstić information content (AvgIpc) is 2.36. The van der Waals surface area contributed by atoms with E-state index in [1.807, 2.05) is 6.92 Å². The molecule has 0 aromatic rings. The normalized spacial score (nSPS) is 29.1. The fraction of sp³-hybridized carbons (Fsp3) is 0.769. The Kier molecular flexibility index (Phi) is 5.24. The van der Waals surface area contributed by atoms with Gasteiger partial charge in [0, 0.05) is 12.5 Å². The summed E-state index contributed by atoms with van der Waals surface area (Å²) in [7, 11) is -1.04. The van der Waals surface area contributed by atoms with E-state index in [1.54, 1.807) is 0 Å². The molecule has 0 spiro atoms. The molecule has 3 atom stereocenters. The molecule has 1 saturated heterocycles. The third-order valence-corrected chi connectivity index (χ3v) is 6.90. The highest BCUT2D eigenvalue weighted by atomic mass is 28.3. The van der Waals surface area contributed by atoms with Gasteiger partial charge in [0.1, 0.15) is 0 Å². The molecule has 1 fully saturated rings. The van der Waals surface area contributed by atoms with Crippen molar-refractivity contribution in [2.45, 2.75) is 50.8 Å². The summed E-state index contributed by atoms with van der Waals surface area (Å²) >= 11 is 0. The summed E-state index contributed by atoms with van der Waals surface area (Å²) in [5.41, 5.74) is 2.13. The predicted octanol–water partition coefficient (Wildman–Crippen LogP) is 2.99. The van der Waals surface area contributed by atoms with Crippen molar-refractivity contribution in [3.63, 3.8) is 0 Å². The standard InChI is InChI=1S/C13H23NOSi/c1-4-16(3)13(8-5-6-10-15-13)9-7-12(2)11-14/h4,12,16H,1,5-10H2,2-3H3. The Labute approximate surface area is 101 Å². The monoisotopic (exact) mass is 237 g/mol. The second-order valence-corrected chi connectivity index (χ2v) is 8.06. The summed E-state index contributed by atoms with van der Waals surface area (Å²) in [5.74, 6) is 0.147. The number of nitriles is 1. The Balaban J connectivity index is 2.63. The van der Waals surface area contributed by atoms with Gasteiger partial charge < -0.3 is 4.74 Å². The number of ether oxygens (including phenoxy) is 1. The summed E-state index contributed by atoms with van der Waals surface area (Å²) in [6.45, 7) is 9.15. The van der Waals surface area contributed by atoms with Gasteiger partial charge in [-0.25, -0.2) is 0 Å². The fourth-order valence-electron chi connectivity index (χ4n) is 2.40. The van der Waals surface area contributed by atoms with E-state index in [4.69, 9.17) is 10.00 Å². The lowest BCUT2D eigenvalue weighted by Crippen LogP contribution is -2.48. The highest BCUT2D eigenvalue weighted by molar-refractivity contribution is 6.65. The Hall–Kier alpha value is -0.593. The van der Waals surface area contributed by atoms with Crippen molar-refractivity contribution >= 4 is 8.80 Å². The Morgan fingerprint density at radius 2 is 2.38 bits per heavy atom. The van der Waals surface area contributed by atoms with Crippen molar-refractivity contribution < 1.29 is 4.74 Å². The summed E-state index contributed by atoms with van der Waals surface area (Å²) in [5, 5.41) is 8.93. The molecule has 1 heterocycles. The average molecular weight is 237 g/mol. The van der Waals surface area contributed by atoms with Crippen LogP contribution in [0, 0.1) is 17.2 Å². The Morgan fingerprint density at radius 3 is 2.88 bits per heavy atom. The smallest absolute Gasteiger partial charge is 0.0951 e. The molecule has 0 N–H and O–H groups in total. The molecule has 0 aromatic heterocycles. The van der Waals surface area contributed by atoms with Crippen LogP contribution in [-0.4, -0.2) is 20.6 Å². The lowest BCUT2D eigenvalue weighted by molar-refractivity contribution is -0.0294. The van der Waals surface area contributed by atoms with Crippen molar-refractivity contribution in [3.8, 4) is 6.07 Å². The van der Waals surface area contributed by atoms with E-state index in [1.165, 1.54) is 19.3 Å². The van der Waals surface area contributed by atoms with Gasteiger partial charge in [-0.15, -0.1) is 12.3 Å². The molecule has 0 aliphatic carbocycles. The molecule has 1 aliphatic heterocycles. The molecule has 2 nitrogen and oxygen atoms in total. The first-order chi connectivity index (χ1) is 7.64. The second kappa shape index (κ2) is 6.22. The SMILES string of the molecule is C=C[SiH](C)C1(CCC(C)C#N)CCCCO1. The minimum Gasteiger partial charge on any atom is -0.378 e. The van der Waals surface area contributed by atoms with Crippen molar-refractivity contribution in [1.29, 1.82) is 5.26 Å². The van der Waals surface area contributed by atoms with Gasteiger partial charge in [0.25, 0.3) is 0 Å². The van der Waals surface area contributed by atoms with Crippen molar-refractivity contribution in [2.75, 3.05) is 6.61 Å². The molecule has 1 rings (SSSR count). The molecule has 3 heteroatoms. The van der Waals surface area contributed by atoms with Gasteiger partial charge in [-0.05, 0) is 39.0 Å². The van der Waals surface area contributed by atoms with Crippen LogP contribution in [0.3, 0.4) is 0 Å². The van der Waals surface area contributed by atoms with Crippen LogP contribution >= 0.6 is 0 Å². The van der Waals surface area contributed by atoms with Crippen LogP contribution in [-0.2, 0) is 4.74 Å². The lowest BCUT2D eigenvalue weighted by Gasteiger charge is -2.41. The summed E-state index contributed by atoms with van der Waals surface area (Å²) in [6, 6.07) is 2.31. The van der Waals surface area contributed by atoms with E-state index < -0.39 is 8.80 Å². The third kappa shape index (κ3) is 3.20. The number of nitrogens with zero attached hydrogens (tertiary/aromatic N) is 1. The maximum absolute atomic E-state index is 8.84. The number of rotatable bonds is 5. The van der Waals surface area contributed by atoms with Crippen LogP contribution in [0.2, 0.25) is 6.55 Å². The Bertz CT molecular complexity index is 266. The minimum atomic E-state index is -1.04. The van der Waals surface area contributed by atoms with E-state index in [9.17, 15) is 0 Å². The minimum absolute atomic E-state index is 0.0884. The summed E-state index contributed by atoms with van der Waals surface area (Å²) in [6.07, 6.45) is 5.63. The topological polar surface area (TPSA) is 33.0 Å². The largest absolute Gasteiger partial charge is 0.378 e. The van der Waals surface area contributed by atoms with Gasteiger partial charge in [0.05, 0.1) is 20.1 Å². The molecule has 0 amide bonds. The van der Waals surface area contributed by atoms with Gasteiger partial charge in [-0.2, -0.15) is 5.26 Å². The maximum Gasteiger partial charge on any atom is 0.0951 e. The van der Waals surface area contributed by atoms with Gasteiger partial charge in [0.15, 0.2) is 0 Å². The number of hydrogen-bond acceptors (Lipinski definition) is 2. The van der Waals surface area contributed by atoms with Gasteiger partial charge >= 0.3 is 0 Å². The molecule has 0 bridgehead atoms. The molecular formula is C13H23NOSi. The van der Waals surface area contributed by atoms with Crippen molar-refractivity contribution in [2.24, 2.45) is 5.92 Å². The number of hydrogen-bond donors (Lipinski definition) is 0. The molecule has 1 aliphatic rings. The predicted molar refractivity (Wildman–Crippen MR) is 69.8 cm³/mol. The molecule has 16 heavy (non-hydrogen) atoms. The van der Waals surface area contributed by atoms with Crippen LogP contribution in [0.4, 0.5) is 0 Å². The quantitative estimate of drug-likeness (QED) is 0.689. The van der Waals surface area contributed by atoms with Crippen LogP contribution in [0.1, 0.15) is 39.0 Å². The molecular weight excluding hydrogens is 214 g/mol. The summed E-state index contributed by atoms with van der Waals surface area (Å²) < 4.78 is 6.09. The van der Waals surface area contributed by atoms with Crippen molar-refractivity contribution in [1.82, 2.24) is 0 Å². The zero-order valence-electron chi connectivity index (χ0n) is 10.5. The highest BCUT2D eigenvalue weighted by Crippen LogP contribution is 2.33. The van der Waals surface area contributed by atoms with Crippen LogP contribution in [0.5, 0.6) is 0 Å². The van der Waals surface area contributed by atoms with E-state index in [2.05, 4.69) is 24.9 Å². The molecule has 0 saturated carbocycles. The van der Waals surface area contributed by atoms with Gasteiger partial charge in [0.2, 0.25) is 0 Å². The molecule has 3 unspecified atom stereocenters. The van der Waals surface area contributed by atoms with Crippen LogP contribution in [0.15, 0.2) is 12.3 Å². The Morgan fingerprint density at radius 1 is 1.62 bits per heavy atom. The van der Waals surface area contributed by atoms with Gasteiger partial charge in [-0.1, -0.05) is 6.55 Å². The second-order valence-electron chi connectivity index (χ2n) is 4.96. The van der Waals surface area contributed by atoms with E-state index in [0.717, 1.165) is 19.4 Å². The summed E-state index contributed by atoms with van der Waals surface area (Å²) in [4.78, 5) is 0. The van der Waals surface area contributed by atoms with Gasteiger partial charge in [-0.3, -0.25) is 0 Å². The van der Waals surface area contributed by atoms with Crippen molar-refractivity contribution in [3.05, 3.63) is 12.3 Å². The fourth-order valence-corrected chi connectivity index (χ4v) is 4.49. The highest BCUT2D eigenvalue weighted by Gasteiger charge is 2.37. The molecule has 0 radical (unpaired) electrons. The molecule has 0 aromatic carbocycles. The zero-order chi connectivity index (χ0) is 12.0. The first-order valence-corrected chi connectivity index (χ1v) is 8.70. The molecule has 90 valence electrons.